The van der Waals surface area contributed by atoms with Crippen LogP contribution in [-0.2, 0) is 21.2 Å². The van der Waals surface area contributed by atoms with E-state index in [2.05, 4.69) is 12.1 Å². The molecule has 1 saturated heterocycles. The maximum absolute atomic E-state index is 11.6. The first kappa shape index (κ1) is 14.5. The van der Waals surface area contributed by atoms with Crippen molar-refractivity contribution >= 4 is 10.0 Å². The summed E-state index contributed by atoms with van der Waals surface area (Å²) in [6.45, 7) is 2.85. The molecule has 1 aliphatic rings. The fourth-order valence-corrected chi connectivity index (χ4v) is 3.32. The third-order valence-electron chi connectivity index (χ3n) is 3.36. The Morgan fingerprint density at radius 1 is 1.26 bits per heavy atom. The SMILES string of the molecule is CC1CN(S(C)(=O)=O)CC(CCc2ccccc2)O1. The second-order valence-corrected chi connectivity index (χ2v) is 7.16. The van der Waals surface area contributed by atoms with E-state index in [-0.39, 0.29) is 12.2 Å². The number of rotatable bonds is 4. The lowest BCUT2D eigenvalue weighted by Crippen LogP contribution is -2.48. The first-order chi connectivity index (χ1) is 8.95. The minimum absolute atomic E-state index is 0.0151. The molecule has 0 radical (unpaired) electrons. The third-order valence-corrected chi connectivity index (χ3v) is 4.60. The van der Waals surface area contributed by atoms with Crippen LogP contribution in [0, 0.1) is 0 Å². The summed E-state index contributed by atoms with van der Waals surface area (Å²) in [6, 6.07) is 10.2. The highest BCUT2D eigenvalue weighted by Crippen LogP contribution is 2.18. The lowest BCUT2D eigenvalue weighted by atomic mass is 10.1. The van der Waals surface area contributed by atoms with E-state index in [9.17, 15) is 8.42 Å². The number of sulfonamides is 1. The number of hydrogen-bond acceptors (Lipinski definition) is 3. The fourth-order valence-electron chi connectivity index (χ4n) is 2.41. The van der Waals surface area contributed by atoms with Crippen molar-refractivity contribution in [3.05, 3.63) is 35.9 Å². The monoisotopic (exact) mass is 283 g/mol. The summed E-state index contributed by atoms with van der Waals surface area (Å²) in [5.74, 6) is 0. The van der Waals surface area contributed by atoms with Crippen LogP contribution in [0.25, 0.3) is 0 Å². The molecule has 19 heavy (non-hydrogen) atoms. The molecule has 5 heteroatoms. The number of hydrogen-bond donors (Lipinski definition) is 0. The van der Waals surface area contributed by atoms with Crippen LogP contribution < -0.4 is 0 Å². The van der Waals surface area contributed by atoms with Gasteiger partial charge in [0.1, 0.15) is 0 Å². The Balaban J connectivity index is 1.93. The second-order valence-electron chi connectivity index (χ2n) is 5.17. The molecule has 2 atom stereocenters. The first-order valence-corrected chi connectivity index (χ1v) is 8.44. The van der Waals surface area contributed by atoms with Gasteiger partial charge in [-0.15, -0.1) is 0 Å². The van der Waals surface area contributed by atoms with Crippen molar-refractivity contribution in [3.8, 4) is 0 Å². The Labute approximate surface area is 115 Å². The normalized spacial score (nSPS) is 25.4. The molecule has 0 spiro atoms. The third kappa shape index (κ3) is 4.30. The Bertz CT molecular complexity index is 501. The largest absolute Gasteiger partial charge is 0.373 e. The van der Waals surface area contributed by atoms with Crippen molar-refractivity contribution < 1.29 is 13.2 Å². The van der Waals surface area contributed by atoms with E-state index < -0.39 is 10.0 Å². The standard InChI is InChI=1S/C14H21NO3S/c1-12-10-15(19(2,16)17)11-14(18-12)9-8-13-6-4-3-5-7-13/h3-7,12,14H,8-11H2,1-2H3. The van der Waals surface area contributed by atoms with Crippen LogP contribution in [0.15, 0.2) is 30.3 Å². The summed E-state index contributed by atoms with van der Waals surface area (Å²) in [5.41, 5.74) is 1.26. The van der Waals surface area contributed by atoms with Gasteiger partial charge >= 0.3 is 0 Å². The van der Waals surface area contributed by atoms with E-state index in [0.717, 1.165) is 12.8 Å². The van der Waals surface area contributed by atoms with E-state index in [0.29, 0.717) is 13.1 Å². The zero-order valence-corrected chi connectivity index (χ0v) is 12.3. The smallest absolute Gasteiger partial charge is 0.211 e. The molecule has 2 unspecified atom stereocenters. The first-order valence-electron chi connectivity index (χ1n) is 6.59. The molecule has 1 fully saturated rings. The Morgan fingerprint density at radius 3 is 2.58 bits per heavy atom. The van der Waals surface area contributed by atoms with Crippen LogP contribution >= 0.6 is 0 Å². The molecule has 1 aromatic carbocycles. The van der Waals surface area contributed by atoms with Gasteiger partial charge in [-0.3, -0.25) is 0 Å². The summed E-state index contributed by atoms with van der Waals surface area (Å²) in [5, 5.41) is 0. The van der Waals surface area contributed by atoms with Crippen molar-refractivity contribution in [2.75, 3.05) is 19.3 Å². The van der Waals surface area contributed by atoms with E-state index in [4.69, 9.17) is 4.74 Å². The van der Waals surface area contributed by atoms with E-state index in [1.54, 1.807) is 0 Å². The molecule has 0 aromatic heterocycles. The Morgan fingerprint density at radius 2 is 1.95 bits per heavy atom. The van der Waals surface area contributed by atoms with Crippen LogP contribution in [0.3, 0.4) is 0 Å². The van der Waals surface area contributed by atoms with Gasteiger partial charge in [0.05, 0.1) is 18.5 Å². The van der Waals surface area contributed by atoms with E-state index in [1.807, 2.05) is 25.1 Å². The van der Waals surface area contributed by atoms with Gasteiger partial charge in [0, 0.05) is 13.1 Å². The number of aryl methyl sites for hydroxylation is 1. The lowest BCUT2D eigenvalue weighted by molar-refractivity contribution is -0.0565. The average Bonchev–Trinajstić information content (AvgIpc) is 2.36. The van der Waals surface area contributed by atoms with Crippen LogP contribution in [-0.4, -0.2) is 44.3 Å². The van der Waals surface area contributed by atoms with Gasteiger partial charge in [-0.05, 0) is 25.3 Å². The van der Waals surface area contributed by atoms with Crippen LogP contribution in [0.1, 0.15) is 18.9 Å². The summed E-state index contributed by atoms with van der Waals surface area (Å²) < 4.78 is 30.6. The average molecular weight is 283 g/mol. The molecule has 1 aliphatic heterocycles. The van der Waals surface area contributed by atoms with Gasteiger partial charge in [-0.2, -0.15) is 4.31 Å². The maximum Gasteiger partial charge on any atom is 0.211 e. The van der Waals surface area contributed by atoms with Crippen molar-refractivity contribution in [1.29, 1.82) is 0 Å². The van der Waals surface area contributed by atoms with Crippen molar-refractivity contribution in [2.24, 2.45) is 0 Å². The second kappa shape index (κ2) is 6.03. The predicted molar refractivity (Wildman–Crippen MR) is 75.5 cm³/mol. The zero-order valence-electron chi connectivity index (χ0n) is 11.5. The van der Waals surface area contributed by atoms with Crippen molar-refractivity contribution in [3.63, 3.8) is 0 Å². The Hall–Kier alpha value is -0.910. The fraction of sp³-hybridized carbons (Fsp3) is 0.571. The Kier molecular flexibility index (Phi) is 4.60. The van der Waals surface area contributed by atoms with Gasteiger partial charge in [0.25, 0.3) is 0 Å². The number of nitrogens with zero attached hydrogens (tertiary/aromatic N) is 1. The quantitative estimate of drug-likeness (QED) is 0.844. The van der Waals surface area contributed by atoms with Gasteiger partial charge in [-0.25, -0.2) is 8.42 Å². The van der Waals surface area contributed by atoms with Gasteiger partial charge in [0.2, 0.25) is 10.0 Å². The number of benzene rings is 1. The molecule has 0 N–H and O–H groups in total. The lowest BCUT2D eigenvalue weighted by Gasteiger charge is -2.35. The molecule has 106 valence electrons. The molecule has 0 amide bonds. The highest BCUT2D eigenvalue weighted by atomic mass is 32.2. The number of morpholine rings is 1. The molecule has 1 heterocycles. The van der Waals surface area contributed by atoms with Gasteiger partial charge in [0.15, 0.2) is 0 Å². The van der Waals surface area contributed by atoms with Crippen LogP contribution in [0.5, 0.6) is 0 Å². The molecule has 0 saturated carbocycles. The molecule has 1 aromatic rings. The summed E-state index contributed by atoms with van der Waals surface area (Å²) in [6.07, 6.45) is 2.97. The van der Waals surface area contributed by atoms with Crippen LogP contribution in [0.4, 0.5) is 0 Å². The highest BCUT2D eigenvalue weighted by molar-refractivity contribution is 7.88. The minimum atomic E-state index is -3.12. The summed E-state index contributed by atoms with van der Waals surface area (Å²) >= 11 is 0. The molecule has 4 nitrogen and oxygen atoms in total. The zero-order chi connectivity index (χ0) is 13.9. The van der Waals surface area contributed by atoms with Crippen LogP contribution in [0.2, 0.25) is 0 Å². The molecular formula is C14H21NO3S. The molecule has 0 bridgehead atoms. The minimum Gasteiger partial charge on any atom is -0.373 e. The predicted octanol–water partition coefficient (Wildman–Crippen LogP) is 1.67. The van der Waals surface area contributed by atoms with Gasteiger partial charge in [-0.1, -0.05) is 30.3 Å². The highest BCUT2D eigenvalue weighted by Gasteiger charge is 2.30. The molecule has 2 rings (SSSR count). The van der Waals surface area contributed by atoms with Gasteiger partial charge < -0.3 is 4.74 Å². The van der Waals surface area contributed by atoms with E-state index >= 15 is 0 Å². The maximum atomic E-state index is 11.6. The number of ether oxygens (including phenoxy) is 1. The molecule has 0 aliphatic carbocycles. The molecular weight excluding hydrogens is 262 g/mol. The van der Waals surface area contributed by atoms with Crippen molar-refractivity contribution in [2.45, 2.75) is 32.0 Å². The van der Waals surface area contributed by atoms with E-state index in [1.165, 1.54) is 16.1 Å². The topological polar surface area (TPSA) is 46.6 Å². The summed E-state index contributed by atoms with van der Waals surface area (Å²) in [7, 11) is -3.12. The van der Waals surface area contributed by atoms with Crippen molar-refractivity contribution in [1.82, 2.24) is 4.31 Å². The summed E-state index contributed by atoms with van der Waals surface area (Å²) in [4.78, 5) is 0.